The summed E-state index contributed by atoms with van der Waals surface area (Å²) in [6, 6.07) is 0.919. The summed E-state index contributed by atoms with van der Waals surface area (Å²) < 4.78 is 17.9. The number of carboxylic acids is 1. The highest BCUT2D eigenvalue weighted by Gasteiger charge is 2.22. The summed E-state index contributed by atoms with van der Waals surface area (Å²) in [7, 11) is 1.24. The molecule has 0 aliphatic carbocycles. The third-order valence-electron chi connectivity index (χ3n) is 1.58. The number of rotatable bonds is 2. The second kappa shape index (κ2) is 3.83. The van der Waals surface area contributed by atoms with Gasteiger partial charge in [0.1, 0.15) is 11.4 Å². The molecule has 0 aliphatic heterocycles. The molecule has 0 fully saturated rings. The van der Waals surface area contributed by atoms with Crippen molar-refractivity contribution in [3.63, 3.8) is 0 Å². The molecule has 4 nitrogen and oxygen atoms in total. The van der Waals surface area contributed by atoms with Gasteiger partial charge < -0.3 is 14.9 Å². The smallest absolute Gasteiger partial charge is 0.342 e. The highest BCUT2D eigenvalue weighted by molar-refractivity contribution is 9.10. The van der Waals surface area contributed by atoms with Gasteiger partial charge in [0, 0.05) is 0 Å². The maximum Gasteiger partial charge on any atom is 0.342 e. The number of carboxylic acid groups (broad SMARTS) is 1. The Hall–Kier alpha value is -1.30. The molecule has 1 aromatic rings. The zero-order valence-corrected chi connectivity index (χ0v) is 8.63. The largest absolute Gasteiger partial charge is 0.504 e. The molecular formula is C8H6BrFO4. The van der Waals surface area contributed by atoms with Gasteiger partial charge in [0.2, 0.25) is 0 Å². The van der Waals surface area contributed by atoms with E-state index in [4.69, 9.17) is 9.84 Å². The minimum atomic E-state index is -1.55. The van der Waals surface area contributed by atoms with E-state index in [0.717, 1.165) is 6.07 Å². The fourth-order valence-electron chi connectivity index (χ4n) is 0.986. The van der Waals surface area contributed by atoms with Crippen LogP contribution in [0.5, 0.6) is 11.5 Å². The topological polar surface area (TPSA) is 66.8 Å². The number of aromatic carboxylic acids is 1. The maximum absolute atomic E-state index is 13.1. The predicted octanol–water partition coefficient (Wildman–Crippen LogP) is 2.00. The van der Waals surface area contributed by atoms with E-state index >= 15 is 0 Å². The van der Waals surface area contributed by atoms with Crippen molar-refractivity contribution < 1.29 is 24.1 Å². The number of halogens is 2. The number of hydrogen-bond acceptors (Lipinski definition) is 3. The summed E-state index contributed by atoms with van der Waals surface area (Å²) in [6.45, 7) is 0. The average molecular weight is 265 g/mol. The number of benzene rings is 1. The molecule has 0 spiro atoms. The molecule has 0 unspecified atom stereocenters. The Morgan fingerprint density at radius 3 is 2.64 bits per heavy atom. The van der Waals surface area contributed by atoms with Crippen molar-refractivity contribution in [2.24, 2.45) is 0 Å². The molecule has 0 saturated carbocycles. The molecule has 1 aromatic carbocycles. The summed E-state index contributed by atoms with van der Waals surface area (Å²) in [5.41, 5.74) is -0.801. The van der Waals surface area contributed by atoms with Crippen LogP contribution in [0, 0.1) is 5.82 Å². The standard InChI is InChI=1S/C8H6BrFO4/c1-14-7-3(9)2-4(10)5(6(7)11)8(12)13/h2,11H,1H3,(H,12,13). The van der Waals surface area contributed by atoms with E-state index in [1.165, 1.54) is 7.11 Å². The number of phenols is 1. The van der Waals surface area contributed by atoms with Crippen LogP contribution in [0.4, 0.5) is 4.39 Å². The number of aromatic hydroxyl groups is 1. The Kier molecular flexibility index (Phi) is 2.95. The Bertz CT molecular complexity index is 391. The number of hydrogen-bond donors (Lipinski definition) is 2. The first-order valence-electron chi connectivity index (χ1n) is 3.47. The van der Waals surface area contributed by atoms with Gasteiger partial charge in [-0.2, -0.15) is 0 Å². The molecular weight excluding hydrogens is 259 g/mol. The average Bonchev–Trinajstić information content (AvgIpc) is 2.02. The lowest BCUT2D eigenvalue weighted by Crippen LogP contribution is -2.02. The molecule has 0 bridgehead atoms. The summed E-state index contributed by atoms with van der Waals surface area (Å²) >= 11 is 2.92. The van der Waals surface area contributed by atoms with Gasteiger partial charge in [0.05, 0.1) is 11.6 Å². The Labute approximate surface area is 87.1 Å². The summed E-state index contributed by atoms with van der Waals surface area (Å²) in [5, 5.41) is 17.9. The molecule has 0 radical (unpaired) electrons. The van der Waals surface area contributed by atoms with Crippen LogP contribution >= 0.6 is 15.9 Å². The zero-order valence-electron chi connectivity index (χ0n) is 7.04. The minimum Gasteiger partial charge on any atom is -0.504 e. The van der Waals surface area contributed by atoms with E-state index in [-0.39, 0.29) is 10.2 Å². The lowest BCUT2D eigenvalue weighted by Gasteiger charge is -2.08. The third-order valence-corrected chi connectivity index (χ3v) is 2.17. The second-order valence-electron chi connectivity index (χ2n) is 2.40. The molecule has 0 saturated heterocycles. The van der Waals surface area contributed by atoms with E-state index < -0.39 is 23.1 Å². The van der Waals surface area contributed by atoms with Gasteiger partial charge in [-0.05, 0) is 22.0 Å². The number of methoxy groups -OCH3 is 1. The van der Waals surface area contributed by atoms with Crippen molar-refractivity contribution in [1.29, 1.82) is 0 Å². The van der Waals surface area contributed by atoms with Gasteiger partial charge in [-0.3, -0.25) is 0 Å². The molecule has 0 aliphatic rings. The predicted molar refractivity (Wildman–Crippen MR) is 49.3 cm³/mol. The zero-order chi connectivity index (χ0) is 10.9. The Morgan fingerprint density at radius 2 is 2.21 bits per heavy atom. The van der Waals surface area contributed by atoms with Gasteiger partial charge in [-0.1, -0.05) is 0 Å². The lowest BCUT2D eigenvalue weighted by molar-refractivity contribution is 0.0687. The summed E-state index contributed by atoms with van der Waals surface area (Å²) in [4.78, 5) is 10.6. The van der Waals surface area contributed by atoms with E-state index in [9.17, 15) is 14.3 Å². The van der Waals surface area contributed by atoms with E-state index in [1.807, 2.05) is 0 Å². The van der Waals surface area contributed by atoms with Gasteiger partial charge in [0.25, 0.3) is 0 Å². The van der Waals surface area contributed by atoms with E-state index in [2.05, 4.69) is 15.9 Å². The van der Waals surface area contributed by atoms with Crippen LogP contribution < -0.4 is 4.74 Å². The summed E-state index contributed by atoms with van der Waals surface area (Å²) in [6.07, 6.45) is 0. The van der Waals surface area contributed by atoms with E-state index in [1.54, 1.807) is 0 Å². The second-order valence-corrected chi connectivity index (χ2v) is 3.26. The number of carbonyl (C=O) groups is 1. The molecule has 6 heteroatoms. The number of ether oxygens (including phenoxy) is 1. The van der Waals surface area contributed by atoms with Crippen LogP contribution in [0.15, 0.2) is 10.5 Å². The molecule has 0 atom stereocenters. The first-order chi connectivity index (χ1) is 6.49. The van der Waals surface area contributed by atoms with Crippen LogP contribution in [0.25, 0.3) is 0 Å². The molecule has 2 N–H and O–H groups in total. The fraction of sp³-hybridized carbons (Fsp3) is 0.125. The molecule has 1 rings (SSSR count). The molecule has 0 aromatic heterocycles. The van der Waals surface area contributed by atoms with Crippen LogP contribution in [0.1, 0.15) is 10.4 Å². The fourth-order valence-corrected chi connectivity index (χ4v) is 1.54. The molecule has 14 heavy (non-hydrogen) atoms. The minimum absolute atomic E-state index is 0.108. The van der Waals surface area contributed by atoms with Gasteiger partial charge in [0.15, 0.2) is 11.5 Å². The van der Waals surface area contributed by atoms with Crippen molar-refractivity contribution in [3.05, 3.63) is 21.9 Å². The van der Waals surface area contributed by atoms with Crippen LogP contribution in [-0.4, -0.2) is 23.3 Å². The highest BCUT2D eigenvalue weighted by atomic mass is 79.9. The SMILES string of the molecule is COc1c(Br)cc(F)c(C(=O)O)c1O. The first-order valence-corrected chi connectivity index (χ1v) is 4.26. The van der Waals surface area contributed by atoms with Crippen molar-refractivity contribution in [3.8, 4) is 11.5 Å². The van der Waals surface area contributed by atoms with Crippen LogP contribution in [0.3, 0.4) is 0 Å². The quantitative estimate of drug-likeness (QED) is 0.858. The highest BCUT2D eigenvalue weighted by Crippen LogP contribution is 2.38. The maximum atomic E-state index is 13.1. The van der Waals surface area contributed by atoms with Crippen molar-refractivity contribution in [2.45, 2.75) is 0 Å². The van der Waals surface area contributed by atoms with Crippen LogP contribution in [-0.2, 0) is 0 Å². The first kappa shape index (κ1) is 10.8. The van der Waals surface area contributed by atoms with Crippen LogP contribution in [0.2, 0.25) is 0 Å². The monoisotopic (exact) mass is 264 g/mol. The van der Waals surface area contributed by atoms with E-state index in [0.29, 0.717) is 0 Å². The lowest BCUT2D eigenvalue weighted by atomic mass is 10.2. The molecule has 76 valence electrons. The van der Waals surface area contributed by atoms with Gasteiger partial charge >= 0.3 is 5.97 Å². The molecule has 0 amide bonds. The van der Waals surface area contributed by atoms with Gasteiger partial charge in [-0.25, -0.2) is 9.18 Å². The van der Waals surface area contributed by atoms with Crippen molar-refractivity contribution in [2.75, 3.05) is 7.11 Å². The molecule has 0 heterocycles. The van der Waals surface area contributed by atoms with Crippen molar-refractivity contribution in [1.82, 2.24) is 0 Å². The Balaban J connectivity index is 3.52. The third kappa shape index (κ3) is 1.65. The Morgan fingerprint density at radius 1 is 1.64 bits per heavy atom. The normalized spacial score (nSPS) is 9.93. The summed E-state index contributed by atoms with van der Waals surface area (Å²) in [5.74, 6) is -3.41. The van der Waals surface area contributed by atoms with Gasteiger partial charge in [-0.15, -0.1) is 0 Å². The van der Waals surface area contributed by atoms with Crippen molar-refractivity contribution >= 4 is 21.9 Å².